The van der Waals surface area contributed by atoms with Gasteiger partial charge >= 0.3 is 6.18 Å². The highest BCUT2D eigenvalue weighted by Gasteiger charge is 2.35. The minimum Gasteiger partial charge on any atom is -0.166 e. The third-order valence-electron chi connectivity index (χ3n) is 1.25. The molecule has 0 aliphatic rings. The van der Waals surface area contributed by atoms with Gasteiger partial charge in [0, 0.05) is 4.47 Å². The van der Waals surface area contributed by atoms with Crippen molar-refractivity contribution in [2.45, 2.75) is 6.18 Å². The zero-order chi connectivity index (χ0) is 9.35. The molecule has 1 aromatic rings. The van der Waals surface area contributed by atoms with Crippen molar-refractivity contribution in [1.82, 2.24) is 0 Å². The van der Waals surface area contributed by atoms with Crippen molar-refractivity contribution in [1.29, 1.82) is 0 Å². The van der Waals surface area contributed by atoms with Crippen LogP contribution in [0.5, 0.6) is 0 Å². The van der Waals surface area contributed by atoms with Crippen molar-refractivity contribution < 1.29 is 13.2 Å². The smallest absolute Gasteiger partial charge is 0.166 e. The topological polar surface area (TPSA) is 0 Å². The minimum atomic E-state index is -4.41. The molecule has 0 aliphatic carbocycles. The molecule has 0 spiro atoms. The van der Waals surface area contributed by atoms with E-state index < -0.39 is 11.7 Å². The molecule has 5 heteroatoms. The molecule has 0 amide bonds. The van der Waals surface area contributed by atoms with Gasteiger partial charge in [-0.3, -0.25) is 0 Å². The van der Waals surface area contributed by atoms with E-state index in [0.29, 0.717) is 0 Å². The predicted molar refractivity (Wildman–Crippen MR) is 44.2 cm³/mol. The molecule has 0 bridgehead atoms. The number of hydrogen-bond acceptors (Lipinski definition) is 0. The number of hydrogen-bond donors (Lipinski definition) is 0. The molecule has 0 unspecified atom stereocenters. The lowest BCUT2D eigenvalue weighted by Crippen LogP contribution is -2.06. The molecule has 0 heterocycles. The monoisotopic (exact) mass is 258 g/mol. The Balaban J connectivity index is 3.31. The Labute approximate surface area is 80.5 Å². The third kappa shape index (κ3) is 1.93. The van der Waals surface area contributed by atoms with Gasteiger partial charge in [-0.1, -0.05) is 33.6 Å². The number of halogens is 5. The van der Waals surface area contributed by atoms with Gasteiger partial charge in [0.25, 0.3) is 0 Å². The van der Waals surface area contributed by atoms with Crippen LogP contribution >= 0.6 is 27.5 Å². The Hall–Kier alpha value is -0.220. The van der Waals surface area contributed by atoms with Crippen LogP contribution in [0.3, 0.4) is 0 Å². The normalized spacial score (nSPS) is 11.8. The van der Waals surface area contributed by atoms with E-state index in [0.717, 1.165) is 0 Å². The van der Waals surface area contributed by atoms with Crippen molar-refractivity contribution in [3.63, 3.8) is 0 Å². The molecule has 66 valence electrons. The maximum atomic E-state index is 12.2. The second-order valence-electron chi connectivity index (χ2n) is 2.09. The van der Waals surface area contributed by atoms with Crippen LogP contribution < -0.4 is 0 Å². The zero-order valence-electron chi connectivity index (χ0n) is 5.62. The molecule has 0 fully saturated rings. The van der Waals surface area contributed by atoms with Gasteiger partial charge in [-0.05, 0) is 12.1 Å². The van der Waals surface area contributed by atoms with E-state index in [4.69, 9.17) is 11.6 Å². The maximum absolute atomic E-state index is 12.2. The summed E-state index contributed by atoms with van der Waals surface area (Å²) in [6.45, 7) is 0. The molecule has 0 aliphatic heterocycles. The average molecular weight is 259 g/mol. The highest BCUT2D eigenvalue weighted by Crippen LogP contribution is 2.39. The minimum absolute atomic E-state index is 0.0394. The number of rotatable bonds is 0. The van der Waals surface area contributed by atoms with Crippen LogP contribution in [0.2, 0.25) is 5.02 Å². The van der Waals surface area contributed by atoms with Crippen molar-refractivity contribution in [2.24, 2.45) is 0 Å². The SMILES string of the molecule is FC(F)(F)c1c(Cl)cccc1Br. The maximum Gasteiger partial charge on any atom is 0.418 e. The Kier molecular flexibility index (Phi) is 2.68. The van der Waals surface area contributed by atoms with Crippen molar-refractivity contribution in [3.05, 3.63) is 33.3 Å². The molecule has 0 N–H and O–H groups in total. The average Bonchev–Trinajstić information content (AvgIpc) is 1.82. The highest BCUT2D eigenvalue weighted by atomic mass is 79.9. The van der Waals surface area contributed by atoms with Gasteiger partial charge < -0.3 is 0 Å². The fourth-order valence-corrected chi connectivity index (χ4v) is 1.76. The van der Waals surface area contributed by atoms with Gasteiger partial charge in [0.2, 0.25) is 0 Å². The molecular weight excluding hydrogens is 256 g/mol. The van der Waals surface area contributed by atoms with Crippen LogP contribution in [0.1, 0.15) is 5.56 Å². The summed E-state index contributed by atoms with van der Waals surface area (Å²) in [5, 5.41) is -0.295. The Bertz CT molecular complexity index is 275. The fourth-order valence-electron chi connectivity index (χ4n) is 0.769. The Morgan fingerprint density at radius 3 is 2.17 bits per heavy atom. The Morgan fingerprint density at radius 1 is 1.25 bits per heavy atom. The molecule has 0 atom stereocenters. The van der Waals surface area contributed by atoms with Crippen LogP contribution in [-0.4, -0.2) is 0 Å². The third-order valence-corrected chi connectivity index (χ3v) is 2.22. The van der Waals surface area contributed by atoms with E-state index in [2.05, 4.69) is 15.9 Å². The van der Waals surface area contributed by atoms with E-state index in [1.807, 2.05) is 0 Å². The van der Waals surface area contributed by atoms with E-state index in [1.165, 1.54) is 18.2 Å². The summed E-state index contributed by atoms with van der Waals surface area (Å²) >= 11 is 8.14. The number of benzene rings is 1. The fraction of sp³-hybridized carbons (Fsp3) is 0.143. The molecule has 1 aromatic carbocycles. The quantitative estimate of drug-likeness (QED) is 0.657. The second kappa shape index (κ2) is 3.26. The predicted octanol–water partition coefficient (Wildman–Crippen LogP) is 4.12. The lowest BCUT2D eigenvalue weighted by atomic mass is 10.2. The van der Waals surface area contributed by atoms with Crippen molar-refractivity contribution >= 4 is 27.5 Å². The lowest BCUT2D eigenvalue weighted by Gasteiger charge is -2.09. The first-order valence-corrected chi connectivity index (χ1v) is 4.11. The van der Waals surface area contributed by atoms with Crippen LogP contribution in [0.15, 0.2) is 22.7 Å². The van der Waals surface area contributed by atoms with Gasteiger partial charge in [0.1, 0.15) is 0 Å². The van der Waals surface area contributed by atoms with Crippen LogP contribution in [0.25, 0.3) is 0 Å². The first-order valence-electron chi connectivity index (χ1n) is 2.94. The van der Waals surface area contributed by atoms with E-state index in [-0.39, 0.29) is 9.50 Å². The lowest BCUT2D eigenvalue weighted by molar-refractivity contribution is -0.138. The Morgan fingerprint density at radius 2 is 1.83 bits per heavy atom. The van der Waals surface area contributed by atoms with Crippen molar-refractivity contribution in [3.8, 4) is 0 Å². The molecule has 0 radical (unpaired) electrons. The zero-order valence-corrected chi connectivity index (χ0v) is 7.96. The van der Waals surface area contributed by atoms with Crippen molar-refractivity contribution in [2.75, 3.05) is 0 Å². The summed E-state index contributed by atoms with van der Waals surface area (Å²) in [5.41, 5.74) is -0.827. The first-order chi connectivity index (χ1) is 5.43. The molecule has 0 saturated heterocycles. The van der Waals surface area contributed by atoms with Gasteiger partial charge in [-0.15, -0.1) is 0 Å². The molecule has 12 heavy (non-hydrogen) atoms. The van der Waals surface area contributed by atoms with Crippen LogP contribution in [-0.2, 0) is 6.18 Å². The summed E-state index contributed by atoms with van der Waals surface area (Å²) in [7, 11) is 0. The molecule has 1 rings (SSSR count). The first kappa shape index (κ1) is 9.86. The van der Waals surface area contributed by atoms with Gasteiger partial charge in [-0.25, -0.2) is 0 Å². The van der Waals surface area contributed by atoms with Crippen LogP contribution in [0.4, 0.5) is 13.2 Å². The summed E-state index contributed by atoms with van der Waals surface area (Å²) in [4.78, 5) is 0. The summed E-state index contributed by atoms with van der Waals surface area (Å²) in [6, 6.07) is 3.95. The molecule has 0 saturated carbocycles. The largest absolute Gasteiger partial charge is 0.418 e. The van der Waals surface area contributed by atoms with Gasteiger partial charge in [0.05, 0.1) is 10.6 Å². The van der Waals surface area contributed by atoms with E-state index >= 15 is 0 Å². The summed E-state index contributed by atoms with van der Waals surface area (Å²) < 4.78 is 36.5. The highest BCUT2D eigenvalue weighted by molar-refractivity contribution is 9.10. The summed E-state index contributed by atoms with van der Waals surface area (Å²) in [5.74, 6) is 0. The molecule has 0 nitrogen and oxygen atoms in total. The van der Waals surface area contributed by atoms with E-state index in [9.17, 15) is 13.2 Å². The second-order valence-corrected chi connectivity index (χ2v) is 3.36. The van der Waals surface area contributed by atoms with Gasteiger partial charge in [0.15, 0.2) is 0 Å². The van der Waals surface area contributed by atoms with Gasteiger partial charge in [-0.2, -0.15) is 13.2 Å². The van der Waals surface area contributed by atoms with Crippen LogP contribution in [0, 0.1) is 0 Å². The standard InChI is InChI=1S/C7H3BrClF3/c8-4-2-1-3-5(9)6(4)7(10,11)12/h1-3H. The molecule has 0 aromatic heterocycles. The number of alkyl halides is 3. The molecular formula is C7H3BrClF3. The van der Waals surface area contributed by atoms with E-state index in [1.54, 1.807) is 0 Å². The summed E-state index contributed by atoms with van der Waals surface area (Å²) in [6.07, 6.45) is -4.41.